The Hall–Kier alpha value is 0.430. The predicted octanol–water partition coefficient (Wildman–Crippen LogP) is 4.78. The smallest absolute Gasteiger partial charge is 0.107 e. The van der Waals surface area contributed by atoms with E-state index in [-0.39, 0.29) is 6.10 Å². The zero-order valence-electron chi connectivity index (χ0n) is 8.38. The fourth-order valence-electron chi connectivity index (χ4n) is 2.21. The molecule has 4 heteroatoms. The molecule has 1 aromatic heterocycles. The fraction of sp³-hybridized carbons (Fsp3) is 0.636. The summed E-state index contributed by atoms with van der Waals surface area (Å²) in [4.78, 5) is 0.985. The summed E-state index contributed by atoms with van der Waals surface area (Å²) in [7, 11) is 0. The number of aliphatic hydroxyl groups is 1. The minimum atomic E-state index is -0.332. The Morgan fingerprint density at radius 2 is 2.20 bits per heavy atom. The lowest BCUT2D eigenvalue weighted by Gasteiger charge is -2.13. The summed E-state index contributed by atoms with van der Waals surface area (Å²) in [6, 6.07) is 1.94. The predicted molar refractivity (Wildman–Crippen MR) is 68.6 cm³/mol. The van der Waals surface area contributed by atoms with E-state index in [9.17, 15) is 5.11 Å². The molecule has 2 rings (SSSR count). The van der Waals surface area contributed by atoms with Crippen molar-refractivity contribution in [1.29, 1.82) is 0 Å². The Balaban J connectivity index is 1.97. The molecule has 0 saturated heterocycles. The monoisotopic (exact) mass is 308 g/mol. The van der Waals surface area contributed by atoms with E-state index in [1.807, 2.05) is 6.07 Å². The third-order valence-electron chi connectivity index (χ3n) is 3.02. The van der Waals surface area contributed by atoms with Gasteiger partial charge < -0.3 is 5.11 Å². The van der Waals surface area contributed by atoms with Gasteiger partial charge in [0.05, 0.1) is 6.10 Å². The highest BCUT2D eigenvalue weighted by atomic mass is 79.9. The minimum Gasteiger partial charge on any atom is -0.388 e. The molecule has 1 aromatic rings. The van der Waals surface area contributed by atoms with Crippen molar-refractivity contribution in [2.75, 3.05) is 0 Å². The van der Waals surface area contributed by atoms with Crippen molar-refractivity contribution < 1.29 is 5.11 Å². The van der Waals surface area contributed by atoms with Crippen molar-refractivity contribution >= 4 is 38.9 Å². The maximum Gasteiger partial charge on any atom is 0.107 e. The van der Waals surface area contributed by atoms with Crippen molar-refractivity contribution in [2.24, 2.45) is 5.92 Å². The lowest BCUT2D eigenvalue weighted by atomic mass is 9.99. The maximum absolute atomic E-state index is 10.0. The van der Waals surface area contributed by atoms with Crippen molar-refractivity contribution in [2.45, 2.75) is 38.2 Å². The largest absolute Gasteiger partial charge is 0.388 e. The van der Waals surface area contributed by atoms with Crippen LogP contribution in [0, 0.1) is 5.92 Å². The van der Waals surface area contributed by atoms with Gasteiger partial charge in [-0.1, -0.05) is 37.3 Å². The van der Waals surface area contributed by atoms with E-state index in [1.165, 1.54) is 37.0 Å². The van der Waals surface area contributed by atoms with Crippen LogP contribution in [-0.4, -0.2) is 5.11 Å². The molecule has 1 atom stereocenters. The van der Waals surface area contributed by atoms with Gasteiger partial charge in [-0.2, -0.15) is 0 Å². The highest BCUT2D eigenvalue weighted by molar-refractivity contribution is 9.10. The average molecular weight is 310 g/mol. The van der Waals surface area contributed by atoms with Gasteiger partial charge in [0, 0.05) is 9.35 Å². The summed E-state index contributed by atoms with van der Waals surface area (Å²) < 4.78 is 1.63. The van der Waals surface area contributed by atoms with Crippen molar-refractivity contribution in [3.05, 3.63) is 19.8 Å². The van der Waals surface area contributed by atoms with Crippen molar-refractivity contribution in [1.82, 2.24) is 0 Å². The number of thiophene rings is 1. The quantitative estimate of drug-likeness (QED) is 0.852. The van der Waals surface area contributed by atoms with Crippen LogP contribution < -0.4 is 0 Å². The Labute approximate surface area is 108 Å². The lowest BCUT2D eigenvalue weighted by molar-refractivity contribution is 0.148. The number of hydrogen-bond acceptors (Lipinski definition) is 2. The first-order chi connectivity index (χ1) is 7.16. The van der Waals surface area contributed by atoms with Crippen LogP contribution in [0.3, 0.4) is 0 Å². The van der Waals surface area contributed by atoms with Gasteiger partial charge in [-0.15, -0.1) is 11.3 Å². The van der Waals surface area contributed by atoms with E-state index in [1.54, 1.807) is 0 Å². The summed E-state index contributed by atoms with van der Waals surface area (Å²) in [5.41, 5.74) is 0. The summed E-state index contributed by atoms with van der Waals surface area (Å²) in [6.07, 6.45) is 5.76. The Morgan fingerprint density at radius 1 is 1.53 bits per heavy atom. The average Bonchev–Trinajstić information content (AvgIpc) is 2.78. The molecule has 1 N–H and O–H groups in total. The molecular formula is C11H14BrClOS. The second kappa shape index (κ2) is 5.17. The summed E-state index contributed by atoms with van der Waals surface area (Å²) in [6.45, 7) is 0. The van der Waals surface area contributed by atoms with E-state index < -0.39 is 0 Å². The molecule has 0 spiro atoms. The van der Waals surface area contributed by atoms with Crippen molar-refractivity contribution in [3.8, 4) is 0 Å². The van der Waals surface area contributed by atoms with Crippen LogP contribution in [0.4, 0.5) is 0 Å². The van der Waals surface area contributed by atoms with Gasteiger partial charge in [0.25, 0.3) is 0 Å². The van der Waals surface area contributed by atoms with Crippen LogP contribution in [0.25, 0.3) is 0 Å². The summed E-state index contributed by atoms with van der Waals surface area (Å²) in [5.74, 6) is 0.708. The highest BCUT2D eigenvalue weighted by Gasteiger charge is 2.21. The van der Waals surface area contributed by atoms with Crippen LogP contribution in [-0.2, 0) is 0 Å². The molecule has 1 unspecified atom stereocenters. The molecule has 1 heterocycles. The topological polar surface area (TPSA) is 20.2 Å². The van der Waals surface area contributed by atoms with Crippen LogP contribution in [0.5, 0.6) is 0 Å². The molecule has 1 aliphatic rings. The van der Waals surface area contributed by atoms with Gasteiger partial charge in [-0.05, 0) is 34.3 Å². The van der Waals surface area contributed by atoms with E-state index in [0.29, 0.717) is 5.92 Å². The van der Waals surface area contributed by atoms with Crippen LogP contribution >= 0.6 is 38.9 Å². The van der Waals surface area contributed by atoms with E-state index in [0.717, 1.165) is 20.1 Å². The van der Waals surface area contributed by atoms with E-state index >= 15 is 0 Å². The maximum atomic E-state index is 10.0. The zero-order valence-corrected chi connectivity index (χ0v) is 11.5. The Bertz CT molecular complexity index is 314. The van der Waals surface area contributed by atoms with Gasteiger partial charge in [-0.3, -0.25) is 0 Å². The molecule has 0 radical (unpaired) electrons. The third kappa shape index (κ3) is 2.96. The summed E-state index contributed by atoms with van der Waals surface area (Å²) >= 11 is 10.8. The molecule has 1 aliphatic carbocycles. The van der Waals surface area contributed by atoms with Gasteiger partial charge in [0.1, 0.15) is 4.34 Å². The van der Waals surface area contributed by atoms with Gasteiger partial charge in [-0.25, -0.2) is 0 Å². The molecular weight excluding hydrogens is 296 g/mol. The molecule has 0 amide bonds. The van der Waals surface area contributed by atoms with E-state index in [4.69, 9.17) is 11.6 Å². The standard InChI is InChI=1S/C11H14BrClOS/c12-8-6-10(15-11(8)13)9(14)5-7-3-1-2-4-7/h6-7,9,14H,1-5H2. The number of hydrogen-bond donors (Lipinski definition) is 1. The minimum absolute atomic E-state index is 0.332. The Kier molecular flexibility index (Phi) is 4.10. The molecule has 0 aliphatic heterocycles. The second-order valence-corrected chi connectivity index (χ2v) is 6.71. The van der Waals surface area contributed by atoms with Gasteiger partial charge in [0.2, 0.25) is 0 Å². The second-order valence-electron chi connectivity index (χ2n) is 4.17. The number of aliphatic hydroxyl groups excluding tert-OH is 1. The number of halogens is 2. The lowest BCUT2D eigenvalue weighted by Crippen LogP contribution is -2.02. The molecule has 0 aromatic carbocycles. The first-order valence-electron chi connectivity index (χ1n) is 5.29. The molecule has 15 heavy (non-hydrogen) atoms. The van der Waals surface area contributed by atoms with Gasteiger partial charge in [0.15, 0.2) is 0 Å². The first kappa shape index (κ1) is 11.9. The third-order valence-corrected chi connectivity index (χ3v) is 5.60. The normalized spacial score (nSPS) is 19.7. The van der Waals surface area contributed by atoms with E-state index in [2.05, 4.69) is 15.9 Å². The molecule has 1 fully saturated rings. The molecule has 84 valence electrons. The molecule has 1 saturated carbocycles. The zero-order chi connectivity index (χ0) is 10.8. The fourth-order valence-corrected chi connectivity index (χ4v) is 3.94. The highest BCUT2D eigenvalue weighted by Crippen LogP contribution is 2.39. The van der Waals surface area contributed by atoms with Crippen LogP contribution in [0.2, 0.25) is 4.34 Å². The van der Waals surface area contributed by atoms with Gasteiger partial charge >= 0.3 is 0 Å². The Morgan fingerprint density at radius 3 is 2.73 bits per heavy atom. The van der Waals surface area contributed by atoms with Crippen molar-refractivity contribution in [3.63, 3.8) is 0 Å². The summed E-state index contributed by atoms with van der Waals surface area (Å²) in [5, 5.41) is 10.0. The van der Waals surface area contributed by atoms with Crippen LogP contribution in [0.15, 0.2) is 10.5 Å². The molecule has 1 nitrogen and oxygen atoms in total. The van der Waals surface area contributed by atoms with Crippen LogP contribution in [0.1, 0.15) is 43.1 Å². The first-order valence-corrected chi connectivity index (χ1v) is 7.28. The SMILES string of the molecule is OC(CC1CCCC1)c1cc(Br)c(Cl)s1. The molecule has 0 bridgehead atoms. The number of rotatable bonds is 3.